The Morgan fingerprint density at radius 2 is 2.14 bits per heavy atom. The number of methoxy groups -OCH3 is 1. The molecule has 0 amide bonds. The van der Waals surface area contributed by atoms with Crippen molar-refractivity contribution in [1.82, 2.24) is 0 Å². The van der Waals surface area contributed by atoms with Gasteiger partial charge in [0.05, 0.1) is 6.10 Å². The highest BCUT2D eigenvalue weighted by Crippen LogP contribution is 2.15. The molecular formula is C12H24O2. The number of unbranched alkanes of at least 4 members (excludes halogenated alkanes) is 1. The monoisotopic (exact) mass is 200 g/mol. The minimum Gasteiger partial charge on any atom is -0.396 e. The van der Waals surface area contributed by atoms with Crippen molar-refractivity contribution in [2.45, 2.75) is 45.6 Å². The molecule has 1 N–H and O–H groups in total. The lowest BCUT2D eigenvalue weighted by Gasteiger charge is -2.19. The number of rotatable bonds is 8. The lowest BCUT2D eigenvalue weighted by molar-refractivity contribution is 0.0916. The van der Waals surface area contributed by atoms with Crippen molar-refractivity contribution >= 4 is 0 Å². The summed E-state index contributed by atoms with van der Waals surface area (Å²) in [5.41, 5.74) is 0. The Morgan fingerprint density at radius 3 is 2.64 bits per heavy atom. The number of hydrogen-bond donors (Lipinski definition) is 1. The minimum absolute atomic E-state index is 0.202. The second-order valence-corrected chi connectivity index (χ2v) is 3.76. The van der Waals surface area contributed by atoms with E-state index in [1.807, 2.05) is 6.08 Å². The standard InChI is InChI=1S/C12H24O2/c1-4-5-8-11(2)12(14-3)9-6-7-10-13/h6,9,11-13H,4-5,7-8,10H2,1-3H3/b9-6+. The van der Waals surface area contributed by atoms with Crippen LogP contribution in [-0.2, 0) is 4.74 Å². The summed E-state index contributed by atoms with van der Waals surface area (Å²) in [6.07, 6.45) is 8.69. The first kappa shape index (κ1) is 13.7. The van der Waals surface area contributed by atoms with Crippen LogP contribution in [0.1, 0.15) is 39.5 Å². The van der Waals surface area contributed by atoms with Gasteiger partial charge in [0.2, 0.25) is 0 Å². The molecule has 0 aromatic rings. The predicted molar refractivity (Wildman–Crippen MR) is 60.3 cm³/mol. The Balaban J connectivity index is 3.85. The summed E-state index contributed by atoms with van der Waals surface area (Å²) >= 11 is 0. The molecule has 0 heterocycles. The maximum atomic E-state index is 8.64. The summed E-state index contributed by atoms with van der Waals surface area (Å²) in [6, 6.07) is 0. The summed E-state index contributed by atoms with van der Waals surface area (Å²) < 4.78 is 5.39. The number of aliphatic hydroxyl groups is 1. The lowest BCUT2D eigenvalue weighted by Crippen LogP contribution is -2.17. The number of ether oxygens (including phenoxy) is 1. The van der Waals surface area contributed by atoms with Gasteiger partial charge in [-0.15, -0.1) is 0 Å². The zero-order valence-electron chi connectivity index (χ0n) is 9.70. The molecule has 0 aliphatic rings. The van der Waals surface area contributed by atoms with Crippen LogP contribution in [0.5, 0.6) is 0 Å². The molecule has 0 aliphatic carbocycles. The molecule has 0 rings (SSSR count). The normalized spacial score (nSPS) is 16.0. The molecule has 0 aromatic heterocycles. The third kappa shape index (κ3) is 6.17. The van der Waals surface area contributed by atoms with E-state index >= 15 is 0 Å². The molecule has 0 spiro atoms. The maximum absolute atomic E-state index is 8.64. The summed E-state index contributed by atoms with van der Waals surface area (Å²) in [5, 5.41) is 8.64. The Bertz CT molecular complexity index is 143. The van der Waals surface area contributed by atoms with E-state index in [9.17, 15) is 0 Å². The highest BCUT2D eigenvalue weighted by molar-refractivity contribution is 4.91. The molecule has 0 aliphatic heterocycles. The van der Waals surface area contributed by atoms with Crippen molar-refractivity contribution in [3.63, 3.8) is 0 Å². The first-order valence-electron chi connectivity index (χ1n) is 5.56. The van der Waals surface area contributed by atoms with E-state index in [1.54, 1.807) is 7.11 Å². The Morgan fingerprint density at radius 1 is 1.43 bits per heavy atom. The van der Waals surface area contributed by atoms with Crippen LogP contribution in [0.3, 0.4) is 0 Å². The summed E-state index contributed by atoms with van der Waals surface area (Å²) in [7, 11) is 1.75. The van der Waals surface area contributed by atoms with Crippen molar-refractivity contribution in [2.75, 3.05) is 13.7 Å². The third-order valence-electron chi connectivity index (χ3n) is 2.47. The van der Waals surface area contributed by atoms with Crippen molar-refractivity contribution < 1.29 is 9.84 Å². The largest absolute Gasteiger partial charge is 0.396 e. The van der Waals surface area contributed by atoms with Gasteiger partial charge in [-0.1, -0.05) is 38.8 Å². The topological polar surface area (TPSA) is 29.5 Å². The SMILES string of the molecule is CCCCC(C)C(/C=C/CCO)OC. The van der Waals surface area contributed by atoms with E-state index in [-0.39, 0.29) is 12.7 Å². The smallest absolute Gasteiger partial charge is 0.0777 e. The molecule has 0 fully saturated rings. The predicted octanol–water partition coefficient (Wildman–Crippen LogP) is 2.77. The van der Waals surface area contributed by atoms with Gasteiger partial charge in [-0.3, -0.25) is 0 Å². The lowest BCUT2D eigenvalue weighted by atomic mass is 9.97. The maximum Gasteiger partial charge on any atom is 0.0777 e. The molecule has 2 heteroatoms. The fraction of sp³-hybridized carbons (Fsp3) is 0.833. The van der Waals surface area contributed by atoms with Gasteiger partial charge < -0.3 is 9.84 Å². The van der Waals surface area contributed by atoms with Gasteiger partial charge in [0.1, 0.15) is 0 Å². The van der Waals surface area contributed by atoms with Crippen molar-refractivity contribution in [3.05, 3.63) is 12.2 Å². The fourth-order valence-electron chi connectivity index (χ4n) is 1.50. The highest BCUT2D eigenvalue weighted by atomic mass is 16.5. The van der Waals surface area contributed by atoms with Crippen LogP contribution in [0.2, 0.25) is 0 Å². The zero-order chi connectivity index (χ0) is 10.8. The van der Waals surface area contributed by atoms with E-state index in [4.69, 9.17) is 9.84 Å². The van der Waals surface area contributed by atoms with E-state index in [0.717, 1.165) is 6.42 Å². The van der Waals surface area contributed by atoms with Gasteiger partial charge in [-0.25, -0.2) is 0 Å². The quantitative estimate of drug-likeness (QED) is 0.610. The highest BCUT2D eigenvalue weighted by Gasteiger charge is 2.12. The summed E-state index contributed by atoms with van der Waals surface area (Å²) in [4.78, 5) is 0. The van der Waals surface area contributed by atoms with Gasteiger partial charge >= 0.3 is 0 Å². The second kappa shape index (κ2) is 9.22. The van der Waals surface area contributed by atoms with E-state index < -0.39 is 0 Å². The molecule has 84 valence electrons. The van der Waals surface area contributed by atoms with Gasteiger partial charge in [0.25, 0.3) is 0 Å². The first-order valence-corrected chi connectivity index (χ1v) is 5.56. The third-order valence-corrected chi connectivity index (χ3v) is 2.47. The van der Waals surface area contributed by atoms with Crippen LogP contribution in [0.4, 0.5) is 0 Å². The molecule has 2 unspecified atom stereocenters. The van der Waals surface area contributed by atoms with Crippen LogP contribution in [0, 0.1) is 5.92 Å². The van der Waals surface area contributed by atoms with Gasteiger partial charge in [0, 0.05) is 13.7 Å². The molecule has 2 atom stereocenters. The molecule has 0 saturated heterocycles. The van der Waals surface area contributed by atoms with Crippen LogP contribution in [0.25, 0.3) is 0 Å². The molecule has 0 radical (unpaired) electrons. The Hall–Kier alpha value is -0.340. The first-order chi connectivity index (χ1) is 6.76. The molecule has 2 nitrogen and oxygen atoms in total. The molecule has 14 heavy (non-hydrogen) atoms. The van der Waals surface area contributed by atoms with Gasteiger partial charge in [-0.2, -0.15) is 0 Å². The number of aliphatic hydroxyl groups excluding tert-OH is 1. The van der Waals surface area contributed by atoms with Crippen LogP contribution < -0.4 is 0 Å². The Labute approximate surface area is 88.0 Å². The van der Waals surface area contributed by atoms with Crippen molar-refractivity contribution in [2.24, 2.45) is 5.92 Å². The minimum atomic E-state index is 0.202. The van der Waals surface area contributed by atoms with E-state index in [2.05, 4.69) is 19.9 Å². The van der Waals surface area contributed by atoms with Crippen LogP contribution >= 0.6 is 0 Å². The average molecular weight is 200 g/mol. The van der Waals surface area contributed by atoms with E-state index in [0.29, 0.717) is 5.92 Å². The molecule has 0 saturated carbocycles. The van der Waals surface area contributed by atoms with Gasteiger partial charge in [-0.05, 0) is 18.8 Å². The zero-order valence-corrected chi connectivity index (χ0v) is 9.70. The number of hydrogen-bond acceptors (Lipinski definition) is 2. The molecule has 0 bridgehead atoms. The average Bonchev–Trinajstić information content (AvgIpc) is 2.21. The van der Waals surface area contributed by atoms with Crippen molar-refractivity contribution in [3.8, 4) is 0 Å². The van der Waals surface area contributed by atoms with Crippen molar-refractivity contribution in [1.29, 1.82) is 0 Å². The van der Waals surface area contributed by atoms with Gasteiger partial charge in [0.15, 0.2) is 0 Å². The van der Waals surface area contributed by atoms with Crippen LogP contribution in [0.15, 0.2) is 12.2 Å². The van der Waals surface area contributed by atoms with Crippen LogP contribution in [-0.4, -0.2) is 24.9 Å². The summed E-state index contributed by atoms with van der Waals surface area (Å²) in [5.74, 6) is 0.565. The molecule has 0 aromatic carbocycles. The second-order valence-electron chi connectivity index (χ2n) is 3.76. The molecular weight excluding hydrogens is 176 g/mol. The Kier molecular flexibility index (Phi) is 9.00. The van der Waals surface area contributed by atoms with E-state index in [1.165, 1.54) is 19.3 Å². The summed E-state index contributed by atoms with van der Waals surface area (Å²) in [6.45, 7) is 4.64. The fourth-order valence-corrected chi connectivity index (χ4v) is 1.50.